The molecule has 4 atom stereocenters. The third-order valence-corrected chi connectivity index (χ3v) is 3.12. The fourth-order valence-electron chi connectivity index (χ4n) is 1.43. The van der Waals surface area contributed by atoms with Crippen molar-refractivity contribution in [3.05, 3.63) is 0 Å². The minimum Gasteiger partial charge on any atom is -0.464 e. The van der Waals surface area contributed by atoms with E-state index in [1.165, 1.54) is 0 Å². The van der Waals surface area contributed by atoms with Crippen LogP contribution in [0.3, 0.4) is 0 Å². The molecule has 0 rings (SSSR count). The van der Waals surface area contributed by atoms with Gasteiger partial charge in [-0.3, -0.25) is 0 Å². The van der Waals surface area contributed by atoms with Gasteiger partial charge in [0.15, 0.2) is 12.2 Å². The average molecular weight is 322 g/mol. The zero-order valence-electron chi connectivity index (χ0n) is 13.0. The van der Waals surface area contributed by atoms with Crippen LogP contribution in [0.25, 0.3) is 0 Å². The number of hydrogen-bond acceptors (Lipinski definition) is 8. The van der Waals surface area contributed by atoms with Gasteiger partial charge in [-0.25, -0.2) is 9.59 Å². The van der Waals surface area contributed by atoms with Crippen molar-refractivity contribution in [2.24, 2.45) is 0 Å². The van der Waals surface area contributed by atoms with E-state index >= 15 is 0 Å². The number of carbonyl (C=O) groups is 2. The smallest absolute Gasteiger partial charge is 0.338 e. The van der Waals surface area contributed by atoms with Crippen LogP contribution in [-0.4, -0.2) is 70.0 Å². The van der Waals surface area contributed by atoms with Crippen molar-refractivity contribution < 1.29 is 39.5 Å². The summed E-state index contributed by atoms with van der Waals surface area (Å²) >= 11 is 0. The molecule has 0 aliphatic carbocycles. The van der Waals surface area contributed by atoms with Crippen LogP contribution < -0.4 is 0 Å². The van der Waals surface area contributed by atoms with Gasteiger partial charge in [-0.05, 0) is 12.8 Å². The monoisotopic (exact) mass is 322 g/mol. The standard InChI is InChI=1S/C14H26O8/c1-3-9(15)5-7-21-13(19)11(17)12(18)14(20)22-8-6-10(16)4-2/h9-12,15-18H,3-8H2,1-2H3. The van der Waals surface area contributed by atoms with E-state index in [0.29, 0.717) is 12.8 Å². The van der Waals surface area contributed by atoms with Gasteiger partial charge in [0.25, 0.3) is 0 Å². The van der Waals surface area contributed by atoms with E-state index in [-0.39, 0.29) is 26.1 Å². The Hall–Kier alpha value is -1.22. The Morgan fingerprint density at radius 1 is 0.773 bits per heavy atom. The molecule has 0 saturated carbocycles. The van der Waals surface area contributed by atoms with E-state index in [1.807, 2.05) is 0 Å². The van der Waals surface area contributed by atoms with Crippen molar-refractivity contribution in [3.8, 4) is 0 Å². The Labute approximate surface area is 129 Å². The molecule has 4 unspecified atom stereocenters. The summed E-state index contributed by atoms with van der Waals surface area (Å²) < 4.78 is 9.30. The highest BCUT2D eigenvalue weighted by atomic mass is 16.6. The highest BCUT2D eigenvalue weighted by Crippen LogP contribution is 2.04. The molecular formula is C14H26O8. The minimum atomic E-state index is -2.05. The largest absolute Gasteiger partial charge is 0.464 e. The lowest BCUT2D eigenvalue weighted by Gasteiger charge is -2.17. The summed E-state index contributed by atoms with van der Waals surface area (Å²) in [6.45, 7) is 3.26. The van der Waals surface area contributed by atoms with Crippen molar-refractivity contribution in [2.45, 2.75) is 63.9 Å². The van der Waals surface area contributed by atoms with Crippen LogP contribution in [0.5, 0.6) is 0 Å². The van der Waals surface area contributed by atoms with Crippen LogP contribution in [0.15, 0.2) is 0 Å². The van der Waals surface area contributed by atoms with Crippen LogP contribution in [0.4, 0.5) is 0 Å². The number of hydrogen-bond donors (Lipinski definition) is 4. The molecule has 0 aliphatic heterocycles. The van der Waals surface area contributed by atoms with E-state index in [2.05, 4.69) is 9.47 Å². The molecule has 130 valence electrons. The molecule has 8 nitrogen and oxygen atoms in total. The molecular weight excluding hydrogens is 296 g/mol. The Kier molecular flexibility index (Phi) is 10.7. The fraction of sp³-hybridized carbons (Fsp3) is 0.857. The molecule has 0 bridgehead atoms. The molecule has 0 saturated heterocycles. The first-order chi connectivity index (χ1) is 10.3. The maximum Gasteiger partial charge on any atom is 0.338 e. The molecule has 0 amide bonds. The minimum absolute atomic E-state index is 0.130. The van der Waals surface area contributed by atoms with Gasteiger partial charge in [0, 0.05) is 12.8 Å². The second-order valence-corrected chi connectivity index (χ2v) is 4.93. The Bertz CT molecular complexity index is 301. The molecule has 8 heteroatoms. The molecule has 4 N–H and O–H groups in total. The zero-order chi connectivity index (χ0) is 17.1. The predicted octanol–water partition coefficient (Wildman–Crippen LogP) is -0.883. The third-order valence-electron chi connectivity index (χ3n) is 3.12. The van der Waals surface area contributed by atoms with Gasteiger partial charge in [-0.1, -0.05) is 13.8 Å². The number of esters is 2. The molecule has 0 aromatic carbocycles. The topological polar surface area (TPSA) is 134 Å². The van der Waals surface area contributed by atoms with Gasteiger partial charge >= 0.3 is 11.9 Å². The lowest BCUT2D eigenvalue weighted by molar-refractivity contribution is -0.173. The Morgan fingerprint density at radius 3 is 1.36 bits per heavy atom. The van der Waals surface area contributed by atoms with E-state index in [4.69, 9.17) is 0 Å². The summed E-state index contributed by atoms with van der Waals surface area (Å²) in [5.74, 6) is -2.33. The molecule has 0 heterocycles. The Morgan fingerprint density at radius 2 is 1.09 bits per heavy atom. The lowest BCUT2D eigenvalue weighted by atomic mass is 10.2. The molecule has 0 aliphatic rings. The molecule has 0 aromatic rings. The predicted molar refractivity (Wildman–Crippen MR) is 75.8 cm³/mol. The van der Waals surface area contributed by atoms with Crippen molar-refractivity contribution in [1.82, 2.24) is 0 Å². The fourth-order valence-corrected chi connectivity index (χ4v) is 1.43. The summed E-state index contributed by atoms with van der Waals surface area (Å²) in [4.78, 5) is 22.9. The normalized spacial score (nSPS) is 16.5. The van der Waals surface area contributed by atoms with E-state index in [0.717, 1.165) is 0 Å². The summed E-state index contributed by atoms with van der Waals surface area (Å²) in [5, 5.41) is 37.5. The quantitative estimate of drug-likeness (QED) is 0.360. The van der Waals surface area contributed by atoms with Crippen molar-refractivity contribution in [2.75, 3.05) is 13.2 Å². The van der Waals surface area contributed by atoms with Crippen LogP contribution in [0.1, 0.15) is 39.5 Å². The van der Waals surface area contributed by atoms with Crippen LogP contribution >= 0.6 is 0 Å². The van der Waals surface area contributed by atoms with E-state index < -0.39 is 36.4 Å². The zero-order valence-corrected chi connectivity index (χ0v) is 13.0. The first kappa shape index (κ1) is 20.8. The van der Waals surface area contributed by atoms with Gasteiger partial charge in [0.2, 0.25) is 0 Å². The number of aliphatic hydroxyl groups is 4. The molecule has 0 aromatic heterocycles. The number of carbonyl (C=O) groups excluding carboxylic acids is 2. The number of aliphatic hydroxyl groups excluding tert-OH is 4. The van der Waals surface area contributed by atoms with Gasteiger partial charge < -0.3 is 29.9 Å². The van der Waals surface area contributed by atoms with Gasteiger partial charge in [-0.15, -0.1) is 0 Å². The highest BCUT2D eigenvalue weighted by molar-refractivity contribution is 5.85. The van der Waals surface area contributed by atoms with E-state index in [1.54, 1.807) is 13.8 Å². The maximum absolute atomic E-state index is 11.4. The third kappa shape index (κ3) is 8.28. The van der Waals surface area contributed by atoms with Crippen LogP contribution in [0.2, 0.25) is 0 Å². The van der Waals surface area contributed by atoms with Gasteiger partial charge in [0.05, 0.1) is 25.4 Å². The first-order valence-corrected chi connectivity index (χ1v) is 7.38. The van der Waals surface area contributed by atoms with Crippen LogP contribution in [0, 0.1) is 0 Å². The SMILES string of the molecule is CCC(O)CCOC(=O)C(O)C(O)C(=O)OCCC(O)CC. The number of ether oxygens (including phenoxy) is 2. The second-order valence-electron chi connectivity index (χ2n) is 4.93. The summed E-state index contributed by atoms with van der Waals surface area (Å²) in [6.07, 6.45) is -3.95. The number of rotatable bonds is 11. The average Bonchev–Trinajstić information content (AvgIpc) is 2.52. The van der Waals surface area contributed by atoms with Crippen LogP contribution in [-0.2, 0) is 19.1 Å². The first-order valence-electron chi connectivity index (χ1n) is 7.38. The van der Waals surface area contributed by atoms with Crippen molar-refractivity contribution >= 4 is 11.9 Å². The maximum atomic E-state index is 11.4. The molecule has 0 fully saturated rings. The summed E-state index contributed by atoms with van der Waals surface area (Å²) in [5.41, 5.74) is 0. The summed E-state index contributed by atoms with van der Waals surface area (Å²) in [6, 6.07) is 0. The second kappa shape index (κ2) is 11.4. The van der Waals surface area contributed by atoms with Crippen molar-refractivity contribution in [3.63, 3.8) is 0 Å². The van der Waals surface area contributed by atoms with Gasteiger partial charge in [0.1, 0.15) is 0 Å². The van der Waals surface area contributed by atoms with Crippen molar-refractivity contribution in [1.29, 1.82) is 0 Å². The Balaban J connectivity index is 4.08. The molecule has 22 heavy (non-hydrogen) atoms. The van der Waals surface area contributed by atoms with E-state index in [9.17, 15) is 30.0 Å². The molecule has 0 spiro atoms. The highest BCUT2D eigenvalue weighted by Gasteiger charge is 2.32. The van der Waals surface area contributed by atoms with Gasteiger partial charge in [-0.2, -0.15) is 0 Å². The molecule has 0 radical (unpaired) electrons. The lowest BCUT2D eigenvalue weighted by Crippen LogP contribution is -2.42. The summed E-state index contributed by atoms with van der Waals surface area (Å²) in [7, 11) is 0.